The topological polar surface area (TPSA) is 41.1 Å². The second kappa shape index (κ2) is 7.77. The average molecular weight is 355 g/mol. The summed E-state index contributed by atoms with van der Waals surface area (Å²) >= 11 is 11.9. The second-order valence-electron chi connectivity index (χ2n) is 5.28. The molecule has 6 heteroatoms. The quantitative estimate of drug-likeness (QED) is 0.808. The average Bonchev–Trinajstić information content (AvgIpc) is 2.49. The van der Waals surface area contributed by atoms with Crippen LogP contribution in [0.3, 0.4) is 0 Å². The van der Waals surface area contributed by atoms with Gasteiger partial charge in [-0.3, -0.25) is 10.1 Å². The first-order chi connectivity index (χ1) is 10.9. The second-order valence-corrected chi connectivity index (χ2v) is 6.12. The summed E-state index contributed by atoms with van der Waals surface area (Å²) in [5.41, 5.74) is 1.36. The van der Waals surface area contributed by atoms with E-state index in [0.717, 1.165) is 11.6 Å². The van der Waals surface area contributed by atoms with E-state index in [0.29, 0.717) is 10.7 Å². The molecule has 0 aliphatic rings. The molecule has 2 aromatic rings. The molecule has 2 rings (SSSR count). The molecule has 0 aliphatic heterocycles. The molecule has 0 bridgehead atoms. The molecule has 1 amide bonds. The fourth-order valence-electron chi connectivity index (χ4n) is 2.15. The van der Waals surface area contributed by atoms with Gasteiger partial charge in [0.25, 0.3) is 0 Å². The minimum atomic E-state index is -0.467. The van der Waals surface area contributed by atoms with E-state index in [1.54, 1.807) is 13.0 Å². The first kappa shape index (κ1) is 17.7. The molecule has 2 N–H and O–H groups in total. The van der Waals surface area contributed by atoms with E-state index in [1.807, 2.05) is 25.1 Å². The molecular formula is C17H17Cl2FN2O. The molecule has 0 heterocycles. The summed E-state index contributed by atoms with van der Waals surface area (Å²) in [5, 5.41) is 6.67. The van der Waals surface area contributed by atoms with Crippen molar-refractivity contribution >= 4 is 34.8 Å². The van der Waals surface area contributed by atoms with Crippen LogP contribution >= 0.6 is 23.2 Å². The number of halogens is 3. The van der Waals surface area contributed by atoms with Gasteiger partial charge in [-0.15, -0.1) is 0 Å². The lowest BCUT2D eigenvalue weighted by molar-refractivity contribution is -0.117. The van der Waals surface area contributed by atoms with Crippen LogP contribution in [0.1, 0.15) is 25.5 Å². The Morgan fingerprint density at radius 3 is 2.52 bits per heavy atom. The van der Waals surface area contributed by atoms with Crippen molar-refractivity contribution in [2.45, 2.75) is 25.9 Å². The predicted molar refractivity (Wildman–Crippen MR) is 92.5 cm³/mol. The monoisotopic (exact) mass is 354 g/mol. The number of amides is 1. The van der Waals surface area contributed by atoms with Gasteiger partial charge in [0.2, 0.25) is 5.91 Å². The van der Waals surface area contributed by atoms with Gasteiger partial charge in [-0.2, -0.15) is 0 Å². The third-order valence-corrected chi connectivity index (χ3v) is 3.98. The summed E-state index contributed by atoms with van der Waals surface area (Å²) < 4.78 is 13.0. The van der Waals surface area contributed by atoms with Crippen LogP contribution in [0.2, 0.25) is 10.0 Å². The van der Waals surface area contributed by atoms with Crippen LogP contribution in [-0.2, 0) is 4.79 Å². The molecule has 0 spiro atoms. The highest BCUT2D eigenvalue weighted by Gasteiger charge is 2.17. The zero-order chi connectivity index (χ0) is 17.0. The Bertz CT molecular complexity index is 709. The molecule has 0 radical (unpaired) electrons. The minimum absolute atomic E-state index is 0.0573. The Hall–Kier alpha value is -1.62. The van der Waals surface area contributed by atoms with E-state index >= 15 is 0 Å². The summed E-state index contributed by atoms with van der Waals surface area (Å²) in [6, 6.07) is 10.7. The van der Waals surface area contributed by atoms with Crippen LogP contribution in [0.4, 0.5) is 10.1 Å². The molecule has 0 aliphatic carbocycles. The number of carbonyl (C=O) groups excluding carboxylic acids is 1. The summed E-state index contributed by atoms with van der Waals surface area (Å²) in [4.78, 5) is 12.2. The summed E-state index contributed by atoms with van der Waals surface area (Å²) in [6.07, 6.45) is 0. The third kappa shape index (κ3) is 4.93. The molecule has 0 saturated carbocycles. The highest BCUT2D eigenvalue weighted by Crippen LogP contribution is 2.23. The normalized spacial score (nSPS) is 13.4. The Morgan fingerprint density at radius 1 is 1.13 bits per heavy atom. The van der Waals surface area contributed by atoms with Crippen LogP contribution in [0, 0.1) is 5.82 Å². The standard InChI is InChI=1S/C17H17Cl2FN2O/c1-10(12-4-3-5-13(18)8-12)21-11(2)17(23)22-16-7-6-14(20)9-15(16)19/h3-11,21H,1-2H3,(H,22,23)/t10-,11-/m1/s1. The van der Waals surface area contributed by atoms with Crippen LogP contribution in [0.25, 0.3) is 0 Å². The number of carbonyl (C=O) groups is 1. The minimum Gasteiger partial charge on any atom is -0.323 e. The molecule has 0 aromatic heterocycles. The lowest BCUT2D eigenvalue weighted by Gasteiger charge is -2.20. The van der Waals surface area contributed by atoms with Crippen molar-refractivity contribution in [3.8, 4) is 0 Å². The van der Waals surface area contributed by atoms with Crippen LogP contribution in [0.15, 0.2) is 42.5 Å². The maximum Gasteiger partial charge on any atom is 0.241 e. The Balaban J connectivity index is 1.99. The Morgan fingerprint density at radius 2 is 1.87 bits per heavy atom. The van der Waals surface area contributed by atoms with Crippen molar-refractivity contribution in [1.29, 1.82) is 0 Å². The van der Waals surface area contributed by atoms with Gasteiger partial charge in [0.15, 0.2) is 0 Å². The van der Waals surface area contributed by atoms with E-state index in [9.17, 15) is 9.18 Å². The number of hydrogen-bond donors (Lipinski definition) is 2. The summed E-state index contributed by atoms with van der Waals surface area (Å²) in [5.74, 6) is -0.707. The van der Waals surface area contributed by atoms with Gasteiger partial charge < -0.3 is 5.32 Å². The van der Waals surface area contributed by atoms with Gasteiger partial charge >= 0.3 is 0 Å². The Kier molecular flexibility index (Phi) is 5.99. The van der Waals surface area contributed by atoms with Gasteiger partial charge in [0, 0.05) is 11.1 Å². The molecule has 2 atom stereocenters. The van der Waals surface area contributed by atoms with Gasteiger partial charge in [0.1, 0.15) is 5.82 Å². The molecular weight excluding hydrogens is 338 g/mol. The smallest absolute Gasteiger partial charge is 0.241 e. The highest BCUT2D eigenvalue weighted by molar-refractivity contribution is 6.33. The Labute approximate surface area is 144 Å². The van der Waals surface area contributed by atoms with Crippen molar-refractivity contribution in [1.82, 2.24) is 5.32 Å². The highest BCUT2D eigenvalue weighted by atomic mass is 35.5. The predicted octanol–water partition coefficient (Wildman–Crippen LogP) is 4.81. The van der Waals surface area contributed by atoms with E-state index in [4.69, 9.17) is 23.2 Å². The number of benzene rings is 2. The van der Waals surface area contributed by atoms with Gasteiger partial charge in [0.05, 0.1) is 16.8 Å². The summed E-state index contributed by atoms with van der Waals surface area (Å²) in [6.45, 7) is 3.69. The van der Waals surface area contributed by atoms with Gasteiger partial charge in [-0.25, -0.2) is 4.39 Å². The van der Waals surface area contributed by atoms with Crippen LogP contribution in [-0.4, -0.2) is 11.9 Å². The number of anilines is 1. The maximum atomic E-state index is 13.0. The van der Waals surface area contributed by atoms with Crippen molar-refractivity contribution in [3.63, 3.8) is 0 Å². The first-order valence-electron chi connectivity index (χ1n) is 7.14. The van der Waals surface area contributed by atoms with Crippen LogP contribution in [0.5, 0.6) is 0 Å². The van der Waals surface area contributed by atoms with Crippen molar-refractivity contribution in [2.24, 2.45) is 0 Å². The molecule has 3 nitrogen and oxygen atoms in total. The van der Waals surface area contributed by atoms with E-state index < -0.39 is 11.9 Å². The maximum absolute atomic E-state index is 13.0. The van der Waals surface area contributed by atoms with Crippen LogP contribution < -0.4 is 10.6 Å². The lowest BCUT2D eigenvalue weighted by atomic mass is 10.1. The molecule has 0 fully saturated rings. The van der Waals surface area contributed by atoms with E-state index in [1.165, 1.54) is 12.1 Å². The van der Waals surface area contributed by atoms with Gasteiger partial charge in [-0.05, 0) is 49.7 Å². The van der Waals surface area contributed by atoms with Gasteiger partial charge in [-0.1, -0.05) is 35.3 Å². The van der Waals surface area contributed by atoms with Crippen molar-refractivity contribution < 1.29 is 9.18 Å². The molecule has 0 unspecified atom stereocenters. The SMILES string of the molecule is C[C@@H](N[C@H](C)c1cccc(Cl)c1)C(=O)Nc1ccc(F)cc1Cl. The van der Waals surface area contributed by atoms with E-state index in [2.05, 4.69) is 10.6 Å². The fourth-order valence-corrected chi connectivity index (χ4v) is 2.57. The molecule has 2 aromatic carbocycles. The molecule has 23 heavy (non-hydrogen) atoms. The zero-order valence-corrected chi connectivity index (χ0v) is 14.3. The van der Waals surface area contributed by atoms with E-state index in [-0.39, 0.29) is 17.0 Å². The summed E-state index contributed by atoms with van der Waals surface area (Å²) in [7, 11) is 0. The van der Waals surface area contributed by atoms with Crippen molar-refractivity contribution in [3.05, 3.63) is 63.9 Å². The largest absolute Gasteiger partial charge is 0.323 e. The third-order valence-electron chi connectivity index (χ3n) is 3.43. The number of nitrogens with one attached hydrogen (secondary N) is 2. The molecule has 0 saturated heterocycles. The fraction of sp³-hybridized carbons (Fsp3) is 0.235. The van der Waals surface area contributed by atoms with Crippen molar-refractivity contribution in [2.75, 3.05) is 5.32 Å². The first-order valence-corrected chi connectivity index (χ1v) is 7.90. The molecule has 122 valence electrons. The lowest BCUT2D eigenvalue weighted by Crippen LogP contribution is -2.39. The zero-order valence-electron chi connectivity index (χ0n) is 12.7. The number of rotatable bonds is 5. The number of hydrogen-bond acceptors (Lipinski definition) is 2.